The molecule has 0 unspecified atom stereocenters. The number of rotatable bonds is 9. The molecule has 27 heavy (non-hydrogen) atoms. The second-order valence-electron chi connectivity index (χ2n) is 6.47. The van der Waals surface area contributed by atoms with Crippen molar-refractivity contribution in [2.24, 2.45) is 4.99 Å². The van der Waals surface area contributed by atoms with Crippen LogP contribution in [0.2, 0.25) is 0 Å². The number of benzene rings is 1. The van der Waals surface area contributed by atoms with Crippen LogP contribution in [0.4, 0.5) is 4.39 Å². The fraction of sp³-hybridized carbons (Fsp3) is 0.500. The Balaban J connectivity index is 1.91. The van der Waals surface area contributed by atoms with Gasteiger partial charge in [0, 0.05) is 31.1 Å². The van der Waals surface area contributed by atoms with Gasteiger partial charge in [0.25, 0.3) is 0 Å². The number of aromatic nitrogens is 2. The number of nitrogens with one attached hydrogen (secondary N) is 2. The lowest BCUT2D eigenvalue weighted by molar-refractivity contribution is 0.555. The van der Waals surface area contributed by atoms with Gasteiger partial charge >= 0.3 is 0 Å². The molecule has 1 aromatic heterocycles. The van der Waals surface area contributed by atoms with Crippen LogP contribution < -0.4 is 10.6 Å². The van der Waals surface area contributed by atoms with Crippen molar-refractivity contribution in [3.63, 3.8) is 0 Å². The normalized spacial score (nSPS) is 11.7. The van der Waals surface area contributed by atoms with E-state index in [1.165, 1.54) is 11.8 Å². The van der Waals surface area contributed by atoms with E-state index >= 15 is 0 Å². The SMILES string of the molecule is CCNC(=NCc1ccc(F)cc1CSC)NCCCn1nc(C)cc1C. The maximum Gasteiger partial charge on any atom is 0.191 e. The molecule has 1 heterocycles. The van der Waals surface area contributed by atoms with Gasteiger partial charge in [-0.2, -0.15) is 16.9 Å². The van der Waals surface area contributed by atoms with Crippen LogP contribution >= 0.6 is 11.8 Å². The Bertz CT molecular complexity index is 757. The van der Waals surface area contributed by atoms with E-state index in [0.717, 1.165) is 54.6 Å². The van der Waals surface area contributed by atoms with E-state index in [9.17, 15) is 4.39 Å². The molecule has 0 aliphatic carbocycles. The first-order valence-electron chi connectivity index (χ1n) is 9.33. The maximum atomic E-state index is 13.5. The van der Waals surface area contributed by atoms with Crippen LogP contribution in [0.1, 0.15) is 35.9 Å². The Morgan fingerprint density at radius 3 is 2.70 bits per heavy atom. The summed E-state index contributed by atoms with van der Waals surface area (Å²) in [5.41, 5.74) is 4.30. The summed E-state index contributed by atoms with van der Waals surface area (Å²) in [6.45, 7) is 9.15. The predicted molar refractivity (Wildman–Crippen MR) is 113 cm³/mol. The summed E-state index contributed by atoms with van der Waals surface area (Å²) >= 11 is 1.69. The minimum absolute atomic E-state index is 0.194. The summed E-state index contributed by atoms with van der Waals surface area (Å²) in [6.07, 6.45) is 2.98. The zero-order chi connectivity index (χ0) is 19.6. The van der Waals surface area contributed by atoms with Crippen LogP contribution in [0.3, 0.4) is 0 Å². The largest absolute Gasteiger partial charge is 0.357 e. The van der Waals surface area contributed by atoms with Gasteiger partial charge in [0.05, 0.1) is 12.2 Å². The van der Waals surface area contributed by atoms with Crippen LogP contribution in [0.15, 0.2) is 29.3 Å². The maximum absolute atomic E-state index is 13.5. The molecule has 7 heteroatoms. The van der Waals surface area contributed by atoms with Gasteiger partial charge in [0.15, 0.2) is 5.96 Å². The van der Waals surface area contributed by atoms with Gasteiger partial charge in [0.1, 0.15) is 5.82 Å². The van der Waals surface area contributed by atoms with Crippen LogP contribution in [0.25, 0.3) is 0 Å². The van der Waals surface area contributed by atoms with Gasteiger partial charge in [0.2, 0.25) is 0 Å². The zero-order valence-electron chi connectivity index (χ0n) is 16.7. The highest BCUT2D eigenvalue weighted by Crippen LogP contribution is 2.17. The molecule has 2 N–H and O–H groups in total. The Kier molecular flexibility index (Phi) is 8.64. The lowest BCUT2D eigenvalue weighted by atomic mass is 10.1. The fourth-order valence-corrected chi connectivity index (χ4v) is 3.46. The molecule has 0 spiro atoms. The molecular formula is C20H30FN5S. The van der Waals surface area contributed by atoms with Crippen molar-refractivity contribution < 1.29 is 4.39 Å². The molecule has 2 aromatic rings. The number of aliphatic imine (C=N–C) groups is 1. The predicted octanol–water partition coefficient (Wildman–Crippen LogP) is 3.65. The van der Waals surface area contributed by atoms with Gasteiger partial charge in [-0.05, 0) is 62.8 Å². The standard InChI is InChI=1S/C20H30FN5S/c1-5-22-20(23-9-6-10-26-16(3)11-15(2)25-26)24-13-17-7-8-19(21)12-18(17)14-27-4/h7-8,11-12H,5-6,9-10,13-14H2,1-4H3,(H2,22,23,24). The quantitative estimate of drug-likeness (QED) is 0.389. The van der Waals surface area contributed by atoms with Crippen molar-refractivity contribution in [2.75, 3.05) is 19.3 Å². The number of hydrogen-bond donors (Lipinski definition) is 2. The van der Waals surface area contributed by atoms with Gasteiger partial charge in [-0.1, -0.05) is 6.07 Å². The molecule has 0 amide bonds. The Morgan fingerprint density at radius 2 is 2.04 bits per heavy atom. The summed E-state index contributed by atoms with van der Waals surface area (Å²) in [5, 5.41) is 11.1. The summed E-state index contributed by atoms with van der Waals surface area (Å²) < 4.78 is 15.5. The van der Waals surface area contributed by atoms with Crippen LogP contribution in [0, 0.1) is 19.7 Å². The first kappa shape index (κ1) is 21.3. The van der Waals surface area contributed by atoms with E-state index in [1.54, 1.807) is 17.8 Å². The minimum atomic E-state index is -0.194. The van der Waals surface area contributed by atoms with Gasteiger partial charge < -0.3 is 10.6 Å². The molecule has 0 atom stereocenters. The van der Waals surface area contributed by atoms with E-state index in [0.29, 0.717) is 6.54 Å². The molecule has 1 aromatic carbocycles. The molecular weight excluding hydrogens is 361 g/mol. The molecule has 0 radical (unpaired) electrons. The number of aryl methyl sites for hydroxylation is 3. The van der Waals surface area contributed by atoms with Gasteiger partial charge in [-0.3, -0.25) is 4.68 Å². The Labute approximate surface area is 165 Å². The second-order valence-corrected chi connectivity index (χ2v) is 7.34. The highest BCUT2D eigenvalue weighted by molar-refractivity contribution is 7.97. The summed E-state index contributed by atoms with van der Waals surface area (Å²) in [6, 6.07) is 7.03. The molecule has 0 saturated heterocycles. The van der Waals surface area contributed by atoms with Gasteiger partial charge in [-0.25, -0.2) is 9.38 Å². The third-order valence-corrected chi connectivity index (χ3v) is 4.76. The van der Waals surface area contributed by atoms with Crippen molar-refractivity contribution in [1.82, 2.24) is 20.4 Å². The van der Waals surface area contributed by atoms with E-state index in [2.05, 4.69) is 33.7 Å². The third-order valence-electron chi connectivity index (χ3n) is 4.16. The molecule has 2 rings (SSSR count). The van der Waals surface area contributed by atoms with Crippen molar-refractivity contribution >= 4 is 17.7 Å². The smallest absolute Gasteiger partial charge is 0.191 e. The number of thioether (sulfide) groups is 1. The number of guanidine groups is 1. The summed E-state index contributed by atoms with van der Waals surface area (Å²) in [7, 11) is 0. The van der Waals surface area contributed by atoms with Crippen molar-refractivity contribution in [2.45, 2.75) is 46.0 Å². The monoisotopic (exact) mass is 391 g/mol. The molecule has 0 aliphatic heterocycles. The second kappa shape index (κ2) is 11.0. The lowest BCUT2D eigenvalue weighted by Crippen LogP contribution is -2.38. The molecule has 0 bridgehead atoms. The average molecular weight is 392 g/mol. The summed E-state index contributed by atoms with van der Waals surface area (Å²) in [5.74, 6) is 1.38. The van der Waals surface area contributed by atoms with Crippen LogP contribution in [-0.2, 0) is 18.8 Å². The topological polar surface area (TPSA) is 54.2 Å². The van der Waals surface area contributed by atoms with E-state index in [-0.39, 0.29) is 5.82 Å². The molecule has 148 valence electrons. The van der Waals surface area contributed by atoms with E-state index < -0.39 is 0 Å². The lowest BCUT2D eigenvalue weighted by Gasteiger charge is -2.13. The van der Waals surface area contributed by atoms with Gasteiger partial charge in [-0.15, -0.1) is 0 Å². The Morgan fingerprint density at radius 1 is 1.22 bits per heavy atom. The number of nitrogens with zero attached hydrogens (tertiary/aromatic N) is 3. The molecule has 0 aliphatic rings. The first-order valence-corrected chi connectivity index (χ1v) is 10.7. The van der Waals surface area contributed by atoms with Crippen molar-refractivity contribution in [3.8, 4) is 0 Å². The molecule has 0 fully saturated rings. The van der Waals surface area contributed by atoms with Crippen LogP contribution in [-0.4, -0.2) is 35.1 Å². The third kappa shape index (κ3) is 6.90. The highest BCUT2D eigenvalue weighted by atomic mass is 32.2. The van der Waals surface area contributed by atoms with E-state index in [4.69, 9.17) is 0 Å². The average Bonchev–Trinajstić information content (AvgIpc) is 2.95. The van der Waals surface area contributed by atoms with E-state index in [1.807, 2.05) is 30.9 Å². The van der Waals surface area contributed by atoms with Crippen molar-refractivity contribution in [1.29, 1.82) is 0 Å². The fourth-order valence-electron chi connectivity index (χ4n) is 2.88. The first-order chi connectivity index (χ1) is 13.0. The minimum Gasteiger partial charge on any atom is -0.357 e. The highest BCUT2D eigenvalue weighted by Gasteiger charge is 2.05. The molecule has 5 nitrogen and oxygen atoms in total. The Hall–Kier alpha value is -2.02. The van der Waals surface area contributed by atoms with Crippen molar-refractivity contribution in [3.05, 3.63) is 52.6 Å². The molecule has 0 saturated carbocycles. The number of halogens is 1. The van der Waals surface area contributed by atoms with Crippen LogP contribution in [0.5, 0.6) is 0 Å². The summed E-state index contributed by atoms with van der Waals surface area (Å²) in [4.78, 5) is 4.66. The zero-order valence-corrected chi connectivity index (χ0v) is 17.5. The number of hydrogen-bond acceptors (Lipinski definition) is 3.